The van der Waals surface area contributed by atoms with Crippen LogP contribution < -0.4 is 10.2 Å². The molecule has 0 amide bonds. The van der Waals surface area contributed by atoms with Crippen LogP contribution in [0.4, 0.5) is 10.3 Å². The Labute approximate surface area is 173 Å². The number of nitrogens with zero attached hydrogens (tertiary/aromatic N) is 6. The van der Waals surface area contributed by atoms with Crippen LogP contribution in [0, 0.1) is 0 Å². The van der Waals surface area contributed by atoms with E-state index in [1.165, 1.54) is 0 Å². The molecule has 5 rings (SSSR count). The van der Waals surface area contributed by atoms with E-state index in [-0.39, 0.29) is 23.4 Å². The van der Waals surface area contributed by atoms with Gasteiger partial charge in [-0.2, -0.15) is 0 Å². The molecule has 2 fully saturated rings. The number of benzene rings is 1. The molecular formula is C21H24FN7O. The van der Waals surface area contributed by atoms with Crippen LogP contribution in [0.2, 0.25) is 0 Å². The van der Waals surface area contributed by atoms with E-state index in [9.17, 15) is 9.50 Å². The van der Waals surface area contributed by atoms with Crippen molar-refractivity contribution in [3.63, 3.8) is 0 Å². The van der Waals surface area contributed by atoms with E-state index in [4.69, 9.17) is 0 Å². The zero-order valence-electron chi connectivity index (χ0n) is 16.9. The summed E-state index contributed by atoms with van der Waals surface area (Å²) in [6.45, 7) is 2.15. The zero-order chi connectivity index (χ0) is 20.9. The third-order valence-electron chi connectivity index (χ3n) is 6.37. The number of anilines is 1. The Bertz CT molecular complexity index is 1040. The molecule has 4 atom stereocenters. The fraction of sp³-hybridized carbons (Fsp3) is 0.429. The first-order chi connectivity index (χ1) is 14.4. The highest BCUT2D eigenvalue weighted by Crippen LogP contribution is 2.39. The highest BCUT2D eigenvalue weighted by molar-refractivity contribution is 5.68. The highest BCUT2D eigenvalue weighted by Gasteiger charge is 2.49. The van der Waals surface area contributed by atoms with E-state index in [0.29, 0.717) is 23.6 Å². The lowest BCUT2D eigenvalue weighted by atomic mass is 9.88. The third-order valence-corrected chi connectivity index (χ3v) is 6.37. The first-order valence-corrected chi connectivity index (χ1v) is 10.1. The normalized spacial score (nSPS) is 27.9. The number of phenolic OH excluding ortho intramolecular Hbond substituents is 1. The van der Waals surface area contributed by atoms with Crippen molar-refractivity contribution in [3.8, 4) is 22.7 Å². The largest absolute Gasteiger partial charge is 0.507 e. The number of aromatic nitrogens is 5. The van der Waals surface area contributed by atoms with Crippen molar-refractivity contribution in [2.75, 3.05) is 11.9 Å². The second kappa shape index (κ2) is 7.02. The molecule has 0 aliphatic carbocycles. The van der Waals surface area contributed by atoms with Gasteiger partial charge in [0.1, 0.15) is 17.6 Å². The number of nitrogens with one attached hydrogen (secondary N) is 1. The van der Waals surface area contributed by atoms with Gasteiger partial charge in [-0.15, -0.1) is 10.2 Å². The monoisotopic (exact) mass is 409 g/mol. The lowest BCUT2D eigenvalue weighted by molar-refractivity contribution is 0.143. The lowest BCUT2D eigenvalue weighted by Gasteiger charge is -2.42. The van der Waals surface area contributed by atoms with Gasteiger partial charge in [0.25, 0.3) is 0 Å². The molecule has 2 aliphatic rings. The summed E-state index contributed by atoms with van der Waals surface area (Å²) >= 11 is 0. The summed E-state index contributed by atoms with van der Waals surface area (Å²) in [6, 6.07) is 4.85. The fourth-order valence-corrected chi connectivity index (χ4v) is 4.67. The molecule has 2 bridgehead atoms. The molecule has 0 radical (unpaired) electrons. The van der Waals surface area contributed by atoms with Crippen molar-refractivity contribution in [1.29, 1.82) is 0 Å². The first kappa shape index (κ1) is 18.9. The second-order valence-electron chi connectivity index (χ2n) is 8.49. The third kappa shape index (κ3) is 3.19. The molecule has 2 N–H and O–H groups in total. The van der Waals surface area contributed by atoms with Gasteiger partial charge in [-0.05, 0) is 38.3 Å². The maximum Gasteiger partial charge on any atom is 0.245 e. The molecule has 2 aromatic heterocycles. The Morgan fingerprint density at radius 1 is 1.33 bits per heavy atom. The summed E-state index contributed by atoms with van der Waals surface area (Å²) in [4.78, 5) is 10.2. The number of phenols is 1. The molecule has 2 saturated heterocycles. The van der Waals surface area contributed by atoms with Gasteiger partial charge in [0, 0.05) is 42.7 Å². The molecule has 1 aromatic carbocycles. The van der Waals surface area contributed by atoms with Crippen molar-refractivity contribution < 1.29 is 9.50 Å². The Hall–Kier alpha value is -3.07. The summed E-state index contributed by atoms with van der Waals surface area (Å²) < 4.78 is 16.8. The molecule has 2 aliphatic heterocycles. The van der Waals surface area contributed by atoms with Gasteiger partial charge in [-0.1, -0.05) is 0 Å². The molecule has 3 aromatic rings. The van der Waals surface area contributed by atoms with Gasteiger partial charge in [0.2, 0.25) is 5.95 Å². The number of alkyl halides is 1. The maximum atomic E-state index is 15.0. The molecule has 9 heteroatoms. The van der Waals surface area contributed by atoms with Crippen LogP contribution in [0.5, 0.6) is 5.75 Å². The summed E-state index contributed by atoms with van der Waals surface area (Å²) in [6.07, 6.45) is 8.25. The average Bonchev–Trinajstić information content (AvgIpc) is 3.39. The van der Waals surface area contributed by atoms with Crippen molar-refractivity contribution in [2.24, 2.45) is 0 Å². The summed E-state index contributed by atoms with van der Waals surface area (Å²) in [5, 5.41) is 22.3. The van der Waals surface area contributed by atoms with E-state index in [1.807, 2.05) is 13.1 Å². The average molecular weight is 409 g/mol. The van der Waals surface area contributed by atoms with Gasteiger partial charge in [-0.3, -0.25) is 0 Å². The minimum absolute atomic E-state index is 0.0394. The number of halogens is 1. The van der Waals surface area contributed by atoms with Crippen LogP contribution in [0.3, 0.4) is 0 Å². The summed E-state index contributed by atoms with van der Waals surface area (Å²) in [5.41, 5.74) is 1.73. The number of hydrogen-bond donors (Lipinski definition) is 2. The number of rotatable bonds is 4. The molecule has 0 spiro atoms. The highest BCUT2D eigenvalue weighted by atomic mass is 19.1. The molecule has 4 heterocycles. The van der Waals surface area contributed by atoms with Crippen LogP contribution in [0.25, 0.3) is 16.9 Å². The van der Waals surface area contributed by atoms with Crippen LogP contribution in [0.1, 0.15) is 26.2 Å². The number of imidazole rings is 1. The predicted molar refractivity (Wildman–Crippen MR) is 110 cm³/mol. The topological polar surface area (TPSA) is 92.0 Å². The van der Waals surface area contributed by atoms with E-state index in [1.54, 1.807) is 46.5 Å². The van der Waals surface area contributed by atoms with E-state index in [0.717, 1.165) is 18.5 Å². The predicted octanol–water partition coefficient (Wildman–Crippen LogP) is 2.49. The standard InChI is InChI=1S/C21H24FN7O/c1-21-6-5-15(25-21)19(22)17(10-21)28(2)20-24-11-16(26-27-20)14-4-3-13(9-18(14)30)29-8-7-23-12-29/h3-4,7-9,11-12,15,17,19,25,30H,5-6,10H2,1-2H3/t15-,17+,19-,21+/m1/s1. The minimum Gasteiger partial charge on any atom is -0.507 e. The number of aromatic hydroxyl groups is 1. The van der Waals surface area contributed by atoms with Gasteiger partial charge < -0.3 is 19.9 Å². The van der Waals surface area contributed by atoms with Crippen LogP contribution >= 0.6 is 0 Å². The van der Waals surface area contributed by atoms with Gasteiger partial charge >= 0.3 is 0 Å². The Balaban J connectivity index is 1.37. The van der Waals surface area contributed by atoms with Crippen LogP contribution in [-0.4, -0.2) is 60.7 Å². The first-order valence-electron chi connectivity index (χ1n) is 10.1. The Kier molecular flexibility index (Phi) is 4.43. The summed E-state index contributed by atoms with van der Waals surface area (Å²) in [5.74, 6) is 0.455. The Morgan fingerprint density at radius 3 is 2.90 bits per heavy atom. The van der Waals surface area contributed by atoms with Crippen LogP contribution in [0.15, 0.2) is 43.1 Å². The molecule has 0 saturated carbocycles. The van der Waals surface area contributed by atoms with Gasteiger partial charge in [-0.25, -0.2) is 14.4 Å². The number of hydrogen-bond acceptors (Lipinski definition) is 7. The Morgan fingerprint density at radius 2 is 2.20 bits per heavy atom. The second-order valence-corrected chi connectivity index (χ2v) is 8.49. The van der Waals surface area contributed by atoms with Gasteiger partial charge in [0.15, 0.2) is 0 Å². The maximum absolute atomic E-state index is 15.0. The quantitative estimate of drug-likeness (QED) is 0.684. The van der Waals surface area contributed by atoms with E-state index < -0.39 is 6.17 Å². The zero-order valence-corrected chi connectivity index (χ0v) is 16.9. The van der Waals surface area contributed by atoms with Crippen molar-refractivity contribution in [1.82, 2.24) is 30.0 Å². The number of fused-ring (bicyclic) bond motifs is 2. The fourth-order valence-electron chi connectivity index (χ4n) is 4.67. The SMILES string of the molecule is CN(c1ncc(-c2ccc(-n3ccnc3)cc2O)nn1)[C@H]1C[C@]2(C)CC[C@@H](N2)[C@H]1F. The van der Waals surface area contributed by atoms with Crippen molar-refractivity contribution in [3.05, 3.63) is 43.1 Å². The van der Waals surface area contributed by atoms with E-state index in [2.05, 4.69) is 32.4 Å². The number of piperidine rings is 1. The molecule has 30 heavy (non-hydrogen) atoms. The van der Waals surface area contributed by atoms with Crippen molar-refractivity contribution in [2.45, 2.75) is 50.0 Å². The van der Waals surface area contributed by atoms with Crippen molar-refractivity contribution >= 4 is 5.95 Å². The minimum atomic E-state index is -0.978. The van der Waals surface area contributed by atoms with Gasteiger partial charge in [0.05, 0.1) is 24.3 Å². The molecular weight excluding hydrogens is 385 g/mol. The molecule has 0 unspecified atom stereocenters. The van der Waals surface area contributed by atoms with E-state index >= 15 is 0 Å². The lowest BCUT2D eigenvalue weighted by Crippen LogP contribution is -2.60. The molecule has 156 valence electrons. The van der Waals surface area contributed by atoms with Crippen LogP contribution in [-0.2, 0) is 0 Å². The molecule has 8 nitrogen and oxygen atoms in total. The smallest absolute Gasteiger partial charge is 0.245 e. The summed E-state index contributed by atoms with van der Waals surface area (Å²) in [7, 11) is 1.82.